The minimum Gasteiger partial charge on any atom is -0.395 e. The molecule has 2 aromatic rings. The molecular formula is C11H12F3N5O2. The van der Waals surface area contributed by atoms with Crippen LogP contribution in [-0.4, -0.2) is 38.0 Å². The zero-order valence-electron chi connectivity index (χ0n) is 10.9. The van der Waals surface area contributed by atoms with Crippen LogP contribution in [0.2, 0.25) is 0 Å². The van der Waals surface area contributed by atoms with Crippen LogP contribution in [0.15, 0.2) is 16.9 Å². The number of nitrogens with one attached hydrogen (secondary N) is 2. The highest BCUT2D eigenvalue weighted by molar-refractivity contribution is 5.41. The number of hydrogen-bond donors (Lipinski definition) is 3. The number of H-pyrrole nitrogens is 1. The molecular weight excluding hydrogens is 291 g/mol. The fourth-order valence-corrected chi connectivity index (χ4v) is 1.66. The van der Waals surface area contributed by atoms with Crippen LogP contribution in [0.4, 0.5) is 19.0 Å². The SMILES string of the molecule is Cc1cc(NCCO)n(-c2nc(C(F)(F)F)cc(=O)[nH]2)n1. The lowest BCUT2D eigenvalue weighted by Crippen LogP contribution is -2.21. The first-order valence-corrected chi connectivity index (χ1v) is 5.91. The zero-order valence-corrected chi connectivity index (χ0v) is 10.9. The summed E-state index contributed by atoms with van der Waals surface area (Å²) in [5.74, 6) is -0.0487. The van der Waals surface area contributed by atoms with Crippen molar-refractivity contribution in [3.05, 3.63) is 33.9 Å². The van der Waals surface area contributed by atoms with Gasteiger partial charge in [-0.25, -0.2) is 4.98 Å². The van der Waals surface area contributed by atoms with E-state index in [-0.39, 0.29) is 19.1 Å². The number of hydrogen-bond acceptors (Lipinski definition) is 5. The van der Waals surface area contributed by atoms with E-state index in [1.54, 1.807) is 13.0 Å². The topological polar surface area (TPSA) is 95.8 Å². The minimum absolute atomic E-state index is 0.170. The van der Waals surface area contributed by atoms with Crippen molar-refractivity contribution in [2.24, 2.45) is 0 Å². The lowest BCUT2D eigenvalue weighted by Gasteiger charge is -2.10. The molecule has 0 aliphatic carbocycles. The number of halogens is 3. The van der Waals surface area contributed by atoms with Gasteiger partial charge in [0.05, 0.1) is 12.3 Å². The Balaban J connectivity index is 2.51. The number of anilines is 1. The Bertz CT molecular complexity index is 692. The third-order valence-corrected chi connectivity index (χ3v) is 2.47. The number of rotatable bonds is 4. The highest BCUT2D eigenvalue weighted by Gasteiger charge is 2.33. The van der Waals surface area contributed by atoms with Gasteiger partial charge in [0.25, 0.3) is 5.56 Å². The monoisotopic (exact) mass is 303 g/mol. The van der Waals surface area contributed by atoms with E-state index in [1.807, 2.05) is 0 Å². The second kappa shape index (κ2) is 5.56. The molecule has 0 aliphatic rings. The van der Waals surface area contributed by atoms with E-state index < -0.39 is 17.4 Å². The highest BCUT2D eigenvalue weighted by Crippen LogP contribution is 2.27. The van der Waals surface area contributed by atoms with Gasteiger partial charge in [-0.3, -0.25) is 9.78 Å². The fourth-order valence-electron chi connectivity index (χ4n) is 1.66. The number of aliphatic hydroxyl groups excluding tert-OH is 1. The summed E-state index contributed by atoms with van der Waals surface area (Å²) in [6, 6.07) is 1.93. The van der Waals surface area contributed by atoms with Gasteiger partial charge in [-0.05, 0) is 6.92 Å². The van der Waals surface area contributed by atoms with Gasteiger partial charge in [0, 0.05) is 18.7 Å². The largest absolute Gasteiger partial charge is 0.433 e. The van der Waals surface area contributed by atoms with Crippen molar-refractivity contribution in [1.82, 2.24) is 19.7 Å². The molecule has 0 spiro atoms. The number of aromatic nitrogens is 4. The molecule has 0 radical (unpaired) electrons. The smallest absolute Gasteiger partial charge is 0.395 e. The van der Waals surface area contributed by atoms with Gasteiger partial charge >= 0.3 is 6.18 Å². The Kier molecular flexibility index (Phi) is 3.98. The van der Waals surface area contributed by atoms with Crippen molar-refractivity contribution in [2.75, 3.05) is 18.5 Å². The third-order valence-electron chi connectivity index (χ3n) is 2.47. The Labute approximate surface area is 116 Å². The molecule has 0 saturated carbocycles. The molecule has 0 fully saturated rings. The summed E-state index contributed by atoms with van der Waals surface area (Å²) < 4.78 is 39.1. The van der Waals surface area contributed by atoms with Gasteiger partial charge in [0.15, 0.2) is 5.69 Å². The van der Waals surface area contributed by atoms with Crippen LogP contribution in [0.25, 0.3) is 5.95 Å². The van der Waals surface area contributed by atoms with E-state index >= 15 is 0 Å². The molecule has 10 heteroatoms. The van der Waals surface area contributed by atoms with E-state index in [0.29, 0.717) is 17.6 Å². The predicted molar refractivity (Wildman–Crippen MR) is 67.3 cm³/mol. The highest BCUT2D eigenvalue weighted by atomic mass is 19.4. The van der Waals surface area contributed by atoms with Crippen molar-refractivity contribution in [2.45, 2.75) is 13.1 Å². The van der Waals surface area contributed by atoms with E-state index in [1.165, 1.54) is 0 Å². The second-order valence-electron chi connectivity index (χ2n) is 4.19. The van der Waals surface area contributed by atoms with Crippen LogP contribution in [0.3, 0.4) is 0 Å². The molecule has 0 saturated heterocycles. The van der Waals surface area contributed by atoms with Gasteiger partial charge in [0.2, 0.25) is 5.95 Å². The average Bonchev–Trinajstić information content (AvgIpc) is 2.76. The molecule has 2 rings (SSSR count). The quantitative estimate of drug-likeness (QED) is 0.772. The number of nitrogens with zero attached hydrogens (tertiary/aromatic N) is 3. The summed E-state index contributed by atoms with van der Waals surface area (Å²) in [7, 11) is 0. The standard InChI is InChI=1S/C11H12F3N5O2/c1-6-4-8(15-2-3-20)19(18-6)10-16-7(11(12,13)14)5-9(21)17-10/h4-5,15,20H,2-3H2,1H3,(H,16,17,21). The molecule has 0 unspecified atom stereocenters. The first-order valence-electron chi connectivity index (χ1n) is 5.91. The molecule has 7 nitrogen and oxygen atoms in total. The normalized spacial score (nSPS) is 11.7. The molecule has 3 N–H and O–H groups in total. The maximum Gasteiger partial charge on any atom is 0.433 e. The van der Waals surface area contributed by atoms with Crippen molar-refractivity contribution < 1.29 is 18.3 Å². The Morgan fingerprint density at radius 3 is 2.76 bits per heavy atom. The summed E-state index contributed by atoms with van der Waals surface area (Å²) >= 11 is 0. The van der Waals surface area contributed by atoms with E-state index in [9.17, 15) is 18.0 Å². The van der Waals surface area contributed by atoms with Gasteiger partial charge in [-0.15, -0.1) is 0 Å². The molecule has 0 atom stereocenters. The summed E-state index contributed by atoms with van der Waals surface area (Å²) in [6.07, 6.45) is -4.73. The maximum absolute atomic E-state index is 12.7. The first-order chi connectivity index (χ1) is 9.81. The van der Waals surface area contributed by atoms with Crippen LogP contribution in [0.1, 0.15) is 11.4 Å². The van der Waals surface area contributed by atoms with Gasteiger partial charge in [0.1, 0.15) is 5.82 Å². The third kappa shape index (κ3) is 3.40. The number of alkyl halides is 3. The van der Waals surface area contributed by atoms with Crippen molar-refractivity contribution in [3.8, 4) is 5.95 Å². The summed E-state index contributed by atoms with van der Waals surface area (Å²) in [6.45, 7) is 1.64. The number of aliphatic hydroxyl groups is 1. The van der Waals surface area contributed by atoms with Crippen molar-refractivity contribution in [1.29, 1.82) is 0 Å². The molecule has 2 heterocycles. The van der Waals surface area contributed by atoms with E-state index in [4.69, 9.17) is 5.11 Å². The molecule has 0 aromatic carbocycles. The fraction of sp³-hybridized carbons (Fsp3) is 0.364. The maximum atomic E-state index is 12.7. The average molecular weight is 303 g/mol. The summed E-state index contributed by atoms with van der Waals surface area (Å²) in [5, 5.41) is 15.5. The van der Waals surface area contributed by atoms with Crippen LogP contribution >= 0.6 is 0 Å². The Morgan fingerprint density at radius 2 is 2.14 bits per heavy atom. The minimum atomic E-state index is -4.73. The van der Waals surface area contributed by atoms with Crippen LogP contribution in [-0.2, 0) is 6.18 Å². The molecule has 0 bridgehead atoms. The van der Waals surface area contributed by atoms with E-state index in [2.05, 4.69) is 20.4 Å². The lowest BCUT2D eigenvalue weighted by atomic mass is 10.4. The van der Waals surface area contributed by atoms with Gasteiger partial charge < -0.3 is 10.4 Å². The van der Waals surface area contributed by atoms with Crippen LogP contribution in [0, 0.1) is 6.92 Å². The zero-order chi connectivity index (χ0) is 15.6. The lowest BCUT2D eigenvalue weighted by molar-refractivity contribution is -0.141. The van der Waals surface area contributed by atoms with Crippen LogP contribution in [0.5, 0.6) is 0 Å². The predicted octanol–water partition coefficient (Wildman–Crippen LogP) is 0.687. The number of aromatic amines is 1. The van der Waals surface area contributed by atoms with Crippen molar-refractivity contribution >= 4 is 5.82 Å². The van der Waals surface area contributed by atoms with Crippen molar-refractivity contribution in [3.63, 3.8) is 0 Å². The molecule has 114 valence electrons. The summed E-state index contributed by atoms with van der Waals surface area (Å²) in [5.41, 5.74) is -1.73. The Hall–Kier alpha value is -2.36. The second-order valence-corrected chi connectivity index (χ2v) is 4.19. The Morgan fingerprint density at radius 1 is 1.43 bits per heavy atom. The van der Waals surface area contributed by atoms with Gasteiger partial charge in [-0.1, -0.05) is 0 Å². The van der Waals surface area contributed by atoms with E-state index in [0.717, 1.165) is 4.68 Å². The van der Waals surface area contributed by atoms with Gasteiger partial charge in [-0.2, -0.15) is 23.0 Å². The molecule has 0 amide bonds. The molecule has 0 aliphatic heterocycles. The first kappa shape index (κ1) is 15.0. The molecule has 2 aromatic heterocycles. The summed E-state index contributed by atoms with van der Waals surface area (Å²) in [4.78, 5) is 16.9. The molecule has 21 heavy (non-hydrogen) atoms. The van der Waals surface area contributed by atoms with Crippen LogP contribution < -0.4 is 10.9 Å². The number of aryl methyl sites for hydroxylation is 1.